The highest BCUT2D eigenvalue weighted by molar-refractivity contribution is 7.14. The molecule has 4 rings (SSSR count). The number of rotatable bonds is 9. The van der Waals surface area contributed by atoms with Crippen molar-refractivity contribution in [2.75, 3.05) is 0 Å². The van der Waals surface area contributed by atoms with Crippen LogP contribution in [0.15, 0.2) is 52.5 Å². The van der Waals surface area contributed by atoms with E-state index in [9.17, 15) is 44.5 Å². The molecule has 0 fully saturated rings. The van der Waals surface area contributed by atoms with Gasteiger partial charge < -0.3 is 44.4 Å². The lowest BCUT2D eigenvalue weighted by atomic mass is 9.80. The molecule has 3 heterocycles. The van der Waals surface area contributed by atoms with Gasteiger partial charge in [0.15, 0.2) is 0 Å². The maximum atomic E-state index is 12.7. The molecule has 0 saturated heterocycles. The Kier molecular flexibility index (Phi) is 9.01. The molecule has 0 saturated carbocycles. The van der Waals surface area contributed by atoms with E-state index in [-0.39, 0.29) is 48.3 Å². The Morgan fingerprint density at radius 2 is 0.769 bits per heavy atom. The molecule has 198 valence electrons. The molecule has 0 spiro atoms. The van der Waals surface area contributed by atoms with Crippen LogP contribution in [0.25, 0.3) is 0 Å². The van der Waals surface area contributed by atoms with Gasteiger partial charge in [0, 0.05) is 34.6 Å². The standard InChI is InChI=1S/C21H15B3O12S3/c25-19(16-13(22(28)29)1-4-37-16)34-10-7-11(35-20(26)17-14(23(30)31)2-5-38-17)9-12(8-10)36-21(27)18-15(24(32)33)3-6-39-18/h1-9,28-33H. The second-order valence-corrected chi connectivity index (χ2v) is 10.3. The molecule has 0 radical (unpaired) electrons. The largest absolute Gasteiger partial charge is 0.490 e. The first-order chi connectivity index (χ1) is 18.5. The molecule has 0 aliphatic rings. The van der Waals surface area contributed by atoms with E-state index in [1.165, 1.54) is 34.3 Å². The first-order valence-electron chi connectivity index (χ1n) is 10.7. The minimum absolute atomic E-state index is 0.0974. The van der Waals surface area contributed by atoms with Crippen LogP contribution in [0.2, 0.25) is 0 Å². The predicted octanol–water partition coefficient (Wildman–Crippen LogP) is -1.43. The van der Waals surface area contributed by atoms with Gasteiger partial charge in [-0.2, -0.15) is 0 Å². The maximum Gasteiger partial charge on any atom is 0.490 e. The van der Waals surface area contributed by atoms with E-state index in [0.29, 0.717) is 0 Å². The summed E-state index contributed by atoms with van der Waals surface area (Å²) in [4.78, 5) is 37.8. The topological polar surface area (TPSA) is 200 Å². The van der Waals surface area contributed by atoms with Crippen molar-refractivity contribution in [2.24, 2.45) is 0 Å². The first kappa shape index (κ1) is 28.7. The lowest BCUT2D eigenvalue weighted by molar-refractivity contribution is 0.0736. The Labute approximate surface area is 232 Å². The van der Waals surface area contributed by atoms with Gasteiger partial charge in [0.05, 0.1) is 0 Å². The molecule has 4 aromatic rings. The van der Waals surface area contributed by atoms with Gasteiger partial charge >= 0.3 is 39.3 Å². The van der Waals surface area contributed by atoms with Gasteiger partial charge in [-0.05, 0) is 16.1 Å². The number of benzene rings is 1. The van der Waals surface area contributed by atoms with Crippen LogP contribution >= 0.6 is 34.0 Å². The molecule has 18 heteroatoms. The normalized spacial score (nSPS) is 10.6. The van der Waals surface area contributed by atoms with Gasteiger partial charge in [0.2, 0.25) is 0 Å². The highest BCUT2D eigenvalue weighted by atomic mass is 32.1. The molecular weight excluding hydrogens is 573 g/mol. The van der Waals surface area contributed by atoms with E-state index in [1.54, 1.807) is 0 Å². The minimum atomic E-state index is -1.94. The molecule has 39 heavy (non-hydrogen) atoms. The van der Waals surface area contributed by atoms with Gasteiger partial charge in [-0.1, -0.05) is 18.2 Å². The molecule has 1 aromatic carbocycles. The zero-order chi connectivity index (χ0) is 28.3. The van der Waals surface area contributed by atoms with E-state index >= 15 is 0 Å². The maximum absolute atomic E-state index is 12.7. The third-order valence-corrected chi connectivity index (χ3v) is 7.69. The van der Waals surface area contributed by atoms with Crippen molar-refractivity contribution in [3.63, 3.8) is 0 Å². The van der Waals surface area contributed by atoms with Gasteiger partial charge in [0.25, 0.3) is 0 Å². The summed E-state index contributed by atoms with van der Waals surface area (Å²) in [6.07, 6.45) is 0. The molecule has 0 bridgehead atoms. The number of ether oxygens (including phenoxy) is 3. The highest BCUT2D eigenvalue weighted by Crippen LogP contribution is 2.30. The third-order valence-electron chi connectivity index (χ3n) is 4.96. The zero-order valence-electron chi connectivity index (χ0n) is 19.3. The molecule has 12 nitrogen and oxygen atoms in total. The summed E-state index contributed by atoms with van der Waals surface area (Å²) in [5, 5.41) is 61.1. The molecule has 0 aliphatic heterocycles. The third kappa shape index (κ3) is 6.64. The fourth-order valence-electron chi connectivity index (χ4n) is 3.25. The van der Waals surface area contributed by atoms with Crippen molar-refractivity contribution in [3.05, 3.63) is 67.2 Å². The van der Waals surface area contributed by atoms with E-state index in [0.717, 1.165) is 52.2 Å². The number of thiophene rings is 3. The first-order valence-corrected chi connectivity index (χ1v) is 13.3. The Hall–Kier alpha value is -3.32. The van der Waals surface area contributed by atoms with Crippen LogP contribution in [-0.2, 0) is 0 Å². The fourth-order valence-corrected chi connectivity index (χ4v) is 5.64. The van der Waals surface area contributed by atoms with Gasteiger partial charge in [-0.25, -0.2) is 14.4 Å². The summed E-state index contributed by atoms with van der Waals surface area (Å²) < 4.78 is 15.9. The second-order valence-electron chi connectivity index (χ2n) is 7.54. The molecule has 6 N–H and O–H groups in total. The summed E-state index contributed by atoms with van der Waals surface area (Å²) in [6.45, 7) is 0. The van der Waals surface area contributed by atoms with Crippen molar-refractivity contribution in [2.45, 2.75) is 0 Å². The Balaban J connectivity index is 1.65. The molecule has 0 unspecified atom stereocenters. The summed E-state index contributed by atoms with van der Waals surface area (Å²) >= 11 is 2.65. The number of carbonyl (C=O) groups is 3. The molecular formula is C21H15B3O12S3. The van der Waals surface area contributed by atoms with Crippen LogP contribution in [0, 0.1) is 0 Å². The smallest absolute Gasteiger partial charge is 0.423 e. The number of hydrogen-bond donors (Lipinski definition) is 6. The average Bonchev–Trinajstić information content (AvgIpc) is 3.64. The van der Waals surface area contributed by atoms with Gasteiger partial charge in [-0.3, -0.25) is 0 Å². The zero-order valence-corrected chi connectivity index (χ0v) is 21.7. The lowest BCUT2D eigenvalue weighted by Crippen LogP contribution is -2.33. The van der Waals surface area contributed by atoms with Crippen LogP contribution in [0.4, 0.5) is 0 Å². The second kappa shape index (κ2) is 12.2. The number of esters is 3. The van der Waals surface area contributed by atoms with Crippen molar-refractivity contribution in [1.29, 1.82) is 0 Å². The minimum Gasteiger partial charge on any atom is -0.423 e. The Morgan fingerprint density at radius 3 is 1.00 bits per heavy atom. The van der Waals surface area contributed by atoms with Crippen molar-refractivity contribution < 1.29 is 58.7 Å². The lowest BCUT2D eigenvalue weighted by Gasteiger charge is -2.12. The molecule has 3 aromatic heterocycles. The molecule has 0 atom stereocenters. The predicted molar refractivity (Wildman–Crippen MR) is 144 cm³/mol. The van der Waals surface area contributed by atoms with Crippen LogP contribution in [0.5, 0.6) is 17.2 Å². The van der Waals surface area contributed by atoms with Gasteiger partial charge in [-0.15, -0.1) is 34.0 Å². The number of hydrogen-bond acceptors (Lipinski definition) is 15. The fraction of sp³-hybridized carbons (Fsp3) is 0. The summed E-state index contributed by atoms with van der Waals surface area (Å²) in [7, 11) is -5.82. The van der Waals surface area contributed by atoms with E-state index in [2.05, 4.69) is 0 Å². The highest BCUT2D eigenvalue weighted by Gasteiger charge is 2.27. The van der Waals surface area contributed by atoms with Crippen molar-refractivity contribution in [1.82, 2.24) is 0 Å². The number of carbonyl (C=O) groups excluding carboxylic acids is 3. The molecule has 0 amide bonds. The average molecular weight is 588 g/mol. The van der Waals surface area contributed by atoms with Crippen molar-refractivity contribution in [3.8, 4) is 17.2 Å². The Morgan fingerprint density at radius 1 is 0.513 bits per heavy atom. The Bertz CT molecular complexity index is 1320. The summed E-state index contributed by atoms with van der Waals surface area (Å²) in [6, 6.07) is 7.31. The van der Waals surface area contributed by atoms with Crippen LogP contribution in [0.3, 0.4) is 0 Å². The van der Waals surface area contributed by atoms with Crippen LogP contribution in [0.1, 0.15) is 29.0 Å². The monoisotopic (exact) mass is 588 g/mol. The van der Waals surface area contributed by atoms with E-state index in [4.69, 9.17) is 14.2 Å². The van der Waals surface area contributed by atoms with Crippen LogP contribution < -0.4 is 30.6 Å². The van der Waals surface area contributed by atoms with Gasteiger partial charge in [0.1, 0.15) is 31.9 Å². The SMILES string of the molecule is O=C(Oc1cc(OC(=O)c2sccc2B(O)O)cc(OC(=O)c2sccc2B(O)O)c1)c1sccc1B(O)O. The summed E-state index contributed by atoms with van der Waals surface area (Å²) in [5.74, 6) is -3.74. The van der Waals surface area contributed by atoms with E-state index in [1.807, 2.05) is 0 Å². The quantitative estimate of drug-likeness (QED) is 0.0758. The van der Waals surface area contributed by atoms with Crippen molar-refractivity contribution >= 4 is 89.7 Å². The van der Waals surface area contributed by atoms with E-state index < -0.39 is 39.3 Å². The molecule has 0 aliphatic carbocycles. The summed E-state index contributed by atoms with van der Waals surface area (Å²) in [5.41, 5.74) is -0.292. The van der Waals surface area contributed by atoms with Crippen LogP contribution in [-0.4, -0.2) is 69.4 Å².